The number of carbonyl (C=O) groups is 3. The summed E-state index contributed by atoms with van der Waals surface area (Å²) in [6.45, 7) is 0.101. The normalized spacial score (nSPS) is 19.7. The molecule has 0 radical (unpaired) electrons. The van der Waals surface area contributed by atoms with Gasteiger partial charge in [0.25, 0.3) is 5.91 Å². The lowest BCUT2D eigenvalue weighted by Crippen LogP contribution is -2.59. The summed E-state index contributed by atoms with van der Waals surface area (Å²) in [6.07, 6.45) is 0. The molecular weight excluding hydrogens is 390 g/mol. The van der Waals surface area contributed by atoms with Crippen LogP contribution in [-0.2, 0) is 9.59 Å². The molecule has 3 heterocycles. The standard InChI is InChI=1S/C21H19N3O6/c25-10-19(26)23-5-6-24-16(9-23)20(27)22-15-3-1-12(7-14(15)21(24)28)13-2-4-17-18(8-13)30-11-29-17/h1-4,7-8,16,25H,5-6,9-11H2,(H,22,27). The van der Waals surface area contributed by atoms with Gasteiger partial charge in [-0.15, -0.1) is 0 Å². The average Bonchev–Trinajstić information content (AvgIpc) is 3.22. The van der Waals surface area contributed by atoms with Crippen molar-refractivity contribution in [1.29, 1.82) is 0 Å². The van der Waals surface area contributed by atoms with Crippen molar-refractivity contribution in [3.8, 4) is 22.6 Å². The summed E-state index contributed by atoms with van der Waals surface area (Å²) in [4.78, 5) is 40.8. The number of hydrogen-bond donors (Lipinski definition) is 2. The van der Waals surface area contributed by atoms with E-state index >= 15 is 0 Å². The van der Waals surface area contributed by atoms with Gasteiger partial charge in [-0.1, -0.05) is 12.1 Å². The molecule has 5 rings (SSSR count). The lowest BCUT2D eigenvalue weighted by Gasteiger charge is -2.39. The summed E-state index contributed by atoms with van der Waals surface area (Å²) in [7, 11) is 0. The zero-order valence-corrected chi connectivity index (χ0v) is 16.0. The number of anilines is 1. The van der Waals surface area contributed by atoms with Crippen LogP contribution >= 0.6 is 0 Å². The molecule has 1 unspecified atom stereocenters. The highest BCUT2D eigenvalue weighted by Gasteiger charge is 2.40. The molecule has 1 saturated heterocycles. The number of ether oxygens (including phenoxy) is 2. The van der Waals surface area contributed by atoms with E-state index in [4.69, 9.17) is 14.6 Å². The lowest BCUT2D eigenvalue weighted by atomic mass is 10.0. The van der Waals surface area contributed by atoms with Gasteiger partial charge in [0.2, 0.25) is 18.6 Å². The summed E-state index contributed by atoms with van der Waals surface area (Å²) in [5.41, 5.74) is 2.49. The van der Waals surface area contributed by atoms with E-state index in [0.29, 0.717) is 22.7 Å². The van der Waals surface area contributed by atoms with E-state index in [2.05, 4.69) is 5.32 Å². The van der Waals surface area contributed by atoms with Crippen molar-refractivity contribution in [1.82, 2.24) is 9.80 Å². The first kappa shape index (κ1) is 18.4. The van der Waals surface area contributed by atoms with Crippen LogP contribution < -0.4 is 14.8 Å². The summed E-state index contributed by atoms with van der Waals surface area (Å²) < 4.78 is 10.8. The highest BCUT2D eigenvalue weighted by molar-refractivity contribution is 6.10. The number of piperazine rings is 1. The number of hydrogen-bond acceptors (Lipinski definition) is 6. The second-order valence-electron chi connectivity index (χ2n) is 7.33. The number of benzene rings is 2. The molecule has 0 saturated carbocycles. The SMILES string of the molecule is O=C1Nc2ccc(-c3ccc4c(c3)OCO4)cc2C(=O)N2CCN(C(=O)CO)CC12. The van der Waals surface area contributed by atoms with Crippen molar-refractivity contribution in [2.24, 2.45) is 0 Å². The predicted octanol–water partition coefficient (Wildman–Crippen LogP) is 0.680. The Labute approximate surface area is 171 Å². The Morgan fingerprint density at radius 3 is 2.67 bits per heavy atom. The molecule has 1 atom stereocenters. The molecule has 0 aromatic heterocycles. The van der Waals surface area contributed by atoms with Gasteiger partial charge in [0, 0.05) is 13.1 Å². The molecule has 3 aliphatic heterocycles. The van der Waals surface area contributed by atoms with Gasteiger partial charge in [-0.2, -0.15) is 0 Å². The van der Waals surface area contributed by atoms with Crippen LogP contribution in [0, 0.1) is 0 Å². The van der Waals surface area contributed by atoms with Crippen molar-refractivity contribution in [2.45, 2.75) is 6.04 Å². The number of carbonyl (C=O) groups excluding carboxylic acids is 3. The second-order valence-corrected chi connectivity index (χ2v) is 7.33. The van der Waals surface area contributed by atoms with Crippen molar-refractivity contribution in [3.05, 3.63) is 42.0 Å². The van der Waals surface area contributed by atoms with Crippen LogP contribution in [0.3, 0.4) is 0 Å². The average molecular weight is 409 g/mol. The maximum absolute atomic E-state index is 13.3. The Bertz CT molecular complexity index is 1070. The quantitative estimate of drug-likeness (QED) is 0.755. The number of nitrogens with zero attached hydrogens (tertiary/aromatic N) is 2. The second kappa shape index (κ2) is 7.03. The van der Waals surface area contributed by atoms with E-state index < -0.39 is 18.6 Å². The van der Waals surface area contributed by atoms with Gasteiger partial charge < -0.3 is 29.7 Å². The summed E-state index contributed by atoms with van der Waals surface area (Å²) in [6, 6.07) is 10.0. The maximum Gasteiger partial charge on any atom is 0.256 e. The fourth-order valence-corrected chi connectivity index (χ4v) is 4.03. The van der Waals surface area contributed by atoms with E-state index in [1.54, 1.807) is 12.1 Å². The summed E-state index contributed by atoms with van der Waals surface area (Å²) in [5.74, 6) is 0.240. The highest BCUT2D eigenvalue weighted by Crippen LogP contribution is 2.37. The smallest absolute Gasteiger partial charge is 0.256 e. The Kier molecular flexibility index (Phi) is 4.32. The Balaban J connectivity index is 1.48. The van der Waals surface area contributed by atoms with Gasteiger partial charge in [0.15, 0.2) is 11.5 Å². The first-order chi connectivity index (χ1) is 14.5. The third-order valence-corrected chi connectivity index (χ3v) is 5.65. The Morgan fingerprint density at radius 1 is 1.07 bits per heavy atom. The fourth-order valence-electron chi connectivity index (χ4n) is 4.03. The number of nitrogens with one attached hydrogen (secondary N) is 1. The molecular formula is C21H19N3O6. The monoisotopic (exact) mass is 409 g/mol. The van der Waals surface area contributed by atoms with Crippen LogP contribution in [0.25, 0.3) is 11.1 Å². The van der Waals surface area contributed by atoms with E-state index in [-0.39, 0.29) is 38.2 Å². The van der Waals surface area contributed by atoms with Crippen LogP contribution in [0.4, 0.5) is 5.69 Å². The zero-order valence-electron chi connectivity index (χ0n) is 16.0. The summed E-state index contributed by atoms with van der Waals surface area (Å²) in [5, 5.41) is 11.9. The van der Waals surface area contributed by atoms with Crippen molar-refractivity contribution in [2.75, 3.05) is 38.4 Å². The van der Waals surface area contributed by atoms with Gasteiger partial charge in [0.1, 0.15) is 12.6 Å². The third-order valence-electron chi connectivity index (χ3n) is 5.65. The molecule has 0 spiro atoms. The third kappa shape index (κ3) is 2.94. The minimum absolute atomic E-state index is 0.0555. The molecule has 30 heavy (non-hydrogen) atoms. The molecule has 0 bridgehead atoms. The minimum Gasteiger partial charge on any atom is -0.454 e. The van der Waals surface area contributed by atoms with Crippen LogP contribution in [0.1, 0.15) is 10.4 Å². The van der Waals surface area contributed by atoms with Crippen LogP contribution in [0.2, 0.25) is 0 Å². The maximum atomic E-state index is 13.3. The van der Waals surface area contributed by atoms with Crippen molar-refractivity contribution >= 4 is 23.4 Å². The molecule has 2 N–H and O–H groups in total. The van der Waals surface area contributed by atoms with E-state index in [1.807, 2.05) is 24.3 Å². The fraction of sp³-hybridized carbons (Fsp3) is 0.286. The molecule has 0 aliphatic carbocycles. The van der Waals surface area contributed by atoms with Gasteiger partial charge >= 0.3 is 0 Å². The molecule has 1 fully saturated rings. The highest BCUT2D eigenvalue weighted by atomic mass is 16.7. The number of aliphatic hydroxyl groups is 1. The summed E-state index contributed by atoms with van der Waals surface area (Å²) >= 11 is 0. The molecule has 9 heteroatoms. The van der Waals surface area contributed by atoms with Gasteiger partial charge in [-0.25, -0.2) is 0 Å². The number of amides is 3. The molecule has 3 aliphatic rings. The van der Waals surface area contributed by atoms with Gasteiger partial charge in [-0.3, -0.25) is 14.4 Å². The molecule has 3 amide bonds. The van der Waals surface area contributed by atoms with Crippen LogP contribution in [0.15, 0.2) is 36.4 Å². The molecule has 2 aromatic carbocycles. The Morgan fingerprint density at radius 2 is 1.83 bits per heavy atom. The number of fused-ring (bicyclic) bond motifs is 3. The predicted molar refractivity (Wildman–Crippen MR) is 105 cm³/mol. The first-order valence-electron chi connectivity index (χ1n) is 9.59. The molecule has 9 nitrogen and oxygen atoms in total. The van der Waals surface area contributed by atoms with E-state index in [1.165, 1.54) is 9.80 Å². The van der Waals surface area contributed by atoms with Crippen LogP contribution in [0.5, 0.6) is 11.5 Å². The largest absolute Gasteiger partial charge is 0.454 e. The van der Waals surface area contributed by atoms with Gasteiger partial charge in [0.05, 0.1) is 17.8 Å². The van der Waals surface area contributed by atoms with Gasteiger partial charge in [-0.05, 0) is 35.4 Å². The minimum atomic E-state index is -0.803. The first-order valence-corrected chi connectivity index (χ1v) is 9.59. The van der Waals surface area contributed by atoms with E-state index in [0.717, 1.165) is 11.1 Å². The lowest BCUT2D eigenvalue weighted by molar-refractivity contribution is -0.138. The van der Waals surface area contributed by atoms with Crippen molar-refractivity contribution in [3.63, 3.8) is 0 Å². The van der Waals surface area contributed by atoms with Crippen LogP contribution in [-0.4, -0.2) is 71.7 Å². The van der Waals surface area contributed by atoms with E-state index in [9.17, 15) is 14.4 Å². The topological polar surface area (TPSA) is 108 Å². The number of aliphatic hydroxyl groups excluding tert-OH is 1. The Hall–Kier alpha value is -3.59. The molecule has 154 valence electrons. The zero-order chi connectivity index (χ0) is 20.8. The molecule has 2 aromatic rings. The van der Waals surface area contributed by atoms with Crippen molar-refractivity contribution < 1.29 is 29.0 Å². The number of rotatable bonds is 2.